The second-order valence-electron chi connectivity index (χ2n) is 3.61. The molecule has 1 aromatic rings. The van der Waals surface area contributed by atoms with Gasteiger partial charge in [-0.25, -0.2) is 4.39 Å². The van der Waals surface area contributed by atoms with Crippen LogP contribution in [0.25, 0.3) is 0 Å². The first kappa shape index (κ1) is 12.0. The van der Waals surface area contributed by atoms with Gasteiger partial charge in [-0.15, -0.1) is 23.2 Å². The molecule has 6 heteroatoms. The van der Waals surface area contributed by atoms with Gasteiger partial charge in [-0.3, -0.25) is 4.79 Å². The lowest BCUT2D eigenvalue weighted by Crippen LogP contribution is -2.17. The molecule has 1 aromatic carbocycles. The van der Waals surface area contributed by atoms with Gasteiger partial charge in [0, 0.05) is 0 Å². The minimum atomic E-state index is -1.01. The van der Waals surface area contributed by atoms with Gasteiger partial charge in [-0.2, -0.15) is 0 Å². The van der Waals surface area contributed by atoms with Crippen molar-refractivity contribution in [1.29, 1.82) is 0 Å². The predicted octanol–water partition coefficient (Wildman–Crippen LogP) is 3.61. The van der Waals surface area contributed by atoms with Gasteiger partial charge in [0.1, 0.15) is 4.33 Å². The number of halogens is 4. The Labute approximate surface area is 107 Å². The van der Waals surface area contributed by atoms with Crippen LogP contribution in [0, 0.1) is 11.7 Å². The number of alkyl halides is 2. The van der Waals surface area contributed by atoms with Crippen molar-refractivity contribution in [1.82, 2.24) is 0 Å². The highest BCUT2D eigenvalue weighted by Crippen LogP contribution is 2.53. The molecule has 0 heterocycles. The second kappa shape index (κ2) is 4.06. The van der Waals surface area contributed by atoms with Crippen molar-refractivity contribution in [3.05, 3.63) is 29.0 Å². The van der Waals surface area contributed by atoms with Crippen LogP contribution in [0.5, 0.6) is 0 Å². The molecule has 16 heavy (non-hydrogen) atoms. The van der Waals surface area contributed by atoms with E-state index in [1.54, 1.807) is 6.07 Å². The van der Waals surface area contributed by atoms with Crippen molar-refractivity contribution in [2.24, 2.45) is 5.92 Å². The van der Waals surface area contributed by atoms with Crippen LogP contribution in [-0.2, 0) is 4.79 Å². The molecule has 1 unspecified atom stereocenters. The van der Waals surface area contributed by atoms with E-state index in [1.165, 1.54) is 12.1 Å². The average molecular weight is 283 g/mol. The van der Waals surface area contributed by atoms with E-state index in [4.69, 9.17) is 34.8 Å². The molecule has 0 aromatic heterocycles. The molecule has 2 nitrogen and oxygen atoms in total. The van der Waals surface area contributed by atoms with Gasteiger partial charge in [0.05, 0.1) is 16.6 Å². The first-order valence-electron chi connectivity index (χ1n) is 4.54. The van der Waals surface area contributed by atoms with Gasteiger partial charge >= 0.3 is 0 Å². The molecule has 1 N–H and O–H groups in total. The van der Waals surface area contributed by atoms with Crippen molar-refractivity contribution in [2.75, 3.05) is 5.32 Å². The van der Waals surface area contributed by atoms with Gasteiger partial charge in [-0.05, 0) is 18.6 Å². The lowest BCUT2D eigenvalue weighted by Gasteiger charge is -2.06. The molecule has 0 spiro atoms. The van der Waals surface area contributed by atoms with Crippen molar-refractivity contribution in [3.63, 3.8) is 0 Å². The SMILES string of the molecule is O=C(Nc1cccc(Cl)c1F)C1CC1(Cl)Cl. The van der Waals surface area contributed by atoms with Crippen LogP contribution in [0.2, 0.25) is 5.02 Å². The normalized spacial score (nSPS) is 21.6. The molecule has 2 rings (SSSR count). The molecule has 0 saturated heterocycles. The smallest absolute Gasteiger partial charge is 0.230 e. The maximum Gasteiger partial charge on any atom is 0.230 e. The van der Waals surface area contributed by atoms with E-state index in [0.717, 1.165) is 0 Å². The van der Waals surface area contributed by atoms with E-state index >= 15 is 0 Å². The fourth-order valence-corrected chi connectivity index (χ4v) is 2.00. The minimum absolute atomic E-state index is 0.0357. The number of carbonyl (C=O) groups is 1. The van der Waals surface area contributed by atoms with Crippen LogP contribution in [0.1, 0.15) is 6.42 Å². The van der Waals surface area contributed by atoms with Gasteiger partial charge in [0.15, 0.2) is 5.82 Å². The Morgan fingerprint density at radius 2 is 2.12 bits per heavy atom. The third-order valence-corrected chi connectivity index (χ3v) is 3.48. The molecule has 1 saturated carbocycles. The van der Waals surface area contributed by atoms with Crippen LogP contribution < -0.4 is 5.32 Å². The van der Waals surface area contributed by atoms with E-state index in [-0.39, 0.29) is 10.7 Å². The molecule has 1 amide bonds. The lowest BCUT2D eigenvalue weighted by atomic mass is 10.3. The zero-order chi connectivity index (χ0) is 11.9. The standard InChI is InChI=1S/C10H7Cl3FNO/c11-6-2-1-3-7(8(6)14)15-9(16)5-4-10(5,12)13/h1-3,5H,4H2,(H,15,16). The summed E-state index contributed by atoms with van der Waals surface area (Å²) in [5.41, 5.74) is 0.0357. The van der Waals surface area contributed by atoms with E-state index in [0.29, 0.717) is 6.42 Å². The molecule has 1 aliphatic carbocycles. The Morgan fingerprint density at radius 1 is 1.50 bits per heavy atom. The molecule has 1 aliphatic rings. The van der Waals surface area contributed by atoms with Gasteiger partial charge in [-0.1, -0.05) is 17.7 Å². The fourth-order valence-electron chi connectivity index (χ4n) is 1.32. The Morgan fingerprint density at radius 3 is 2.69 bits per heavy atom. The van der Waals surface area contributed by atoms with Gasteiger partial charge in [0.2, 0.25) is 5.91 Å². The molecular weight excluding hydrogens is 275 g/mol. The van der Waals surface area contributed by atoms with E-state index in [9.17, 15) is 9.18 Å². The predicted molar refractivity (Wildman–Crippen MR) is 62.6 cm³/mol. The summed E-state index contributed by atoms with van der Waals surface area (Å²) in [6.07, 6.45) is 0.379. The minimum Gasteiger partial charge on any atom is -0.323 e. The van der Waals surface area contributed by atoms with Crippen LogP contribution in [0.3, 0.4) is 0 Å². The molecule has 86 valence electrons. The van der Waals surface area contributed by atoms with Crippen LogP contribution in [0.4, 0.5) is 10.1 Å². The maximum atomic E-state index is 13.4. The molecule has 1 atom stereocenters. The van der Waals surface area contributed by atoms with Crippen molar-refractivity contribution in [3.8, 4) is 0 Å². The number of hydrogen-bond donors (Lipinski definition) is 1. The quantitative estimate of drug-likeness (QED) is 0.825. The van der Waals surface area contributed by atoms with Crippen molar-refractivity contribution >= 4 is 46.4 Å². The summed E-state index contributed by atoms with van der Waals surface area (Å²) >= 11 is 17.0. The number of nitrogens with one attached hydrogen (secondary N) is 1. The number of benzene rings is 1. The number of rotatable bonds is 2. The number of hydrogen-bond acceptors (Lipinski definition) is 1. The van der Waals surface area contributed by atoms with Crippen LogP contribution in [-0.4, -0.2) is 10.2 Å². The van der Waals surface area contributed by atoms with E-state index < -0.39 is 22.0 Å². The fraction of sp³-hybridized carbons (Fsp3) is 0.300. The highest BCUT2D eigenvalue weighted by Gasteiger charge is 2.56. The van der Waals surface area contributed by atoms with Gasteiger partial charge in [0.25, 0.3) is 0 Å². The molecule has 0 radical (unpaired) electrons. The summed E-state index contributed by atoms with van der Waals surface area (Å²) in [6.45, 7) is 0. The van der Waals surface area contributed by atoms with Gasteiger partial charge < -0.3 is 5.32 Å². The van der Waals surface area contributed by atoms with Crippen molar-refractivity contribution in [2.45, 2.75) is 10.8 Å². The monoisotopic (exact) mass is 281 g/mol. The Hall–Kier alpha value is -0.510. The summed E-state index contributed by atoms with van der Waals surface area (Å²) in [7, 11) is 0. The zero-order valence-electron chi connectivity index (χ0n) is 7.94. The third-order valence-electron chi connectivity index (χ3n) is 2.35. The lowest BCUT2D eigenvalue weighted by molar-refractivity contribution is -0.117. The van der Waals surface area contributed by atoms with Crippen molar-refractivity contribution < 1.29 is 9.18 Å². The Kier molecular flexibility index (Phi) is 3.03. The summed E-state index contributed by atoms with van der Waals surface area (Å²) < 4.78 is 12.4. The first-order valence-corrected chi connectivity index (χ1v) is 5.68. The summed E-state index contributed by atoms with van der Waals surface area (Å²) in [6, 6.07) is 4.37. The number of amides is 1. The molecular formula is C10H7Cl3FNO. The number of anilines is 1. The van der Waals surface area contributed by atoms with E-state index in [1.807, 2.05) is 0 Å². The zero-order valence-corrected chi connectivity index (χ0v) is 10.2. The average Bonchev–Trinajstić information content (AvgIpc) is 2.83. The summed E-state index contributed by atoms with van der Waals surface area (Å²) in [5.74, 6) is -1.55. The van der Waals surface area contributed by atoms with Crippen LogP contribution in [0.15, 0.2) is 18.2 Å². The first-order chi connectivity index (χ1) is 7.42. The molecule has 1 fully saturated rings. The Balaban J connectivity index is 2.10. The van der Waals surface area contributed by atoms with E-state index in [2.05, 4.69) is 5.32 Å². The topological polar surface area (TPSA) is 29.1 Å². The third kappa shape index (κ3) is 2.26. The molecule has 0 bridgehead atoms. The summed E-state index contributed by atoms with van der Waals surface area (Å²) in [5, 5.41) is 2.36. The largest absolute Gasteiger partial charge is 0.323 e. The maximum absolute atomic E-state index is 13.4. The second-order valence-corrected chi connectivity index (χ2v) is 5.56. The number of carbonyl (C=O) groups excluding carboxylic acids is 1. The summed E-state index contributed by atoms with van der Waals surface area (Å²) in [4.78, 5) is 11.6. The Bertz CT molecular complexity index is 450. The highest BCUT2D eigenvalue weighted by atomic mass is 35.5. The highest BCUT2D eigenvalue weighted by molar-refractivity contribution is 6.52. The van der Waals surface area contributed by atoms with Crippen LogP contribution >= 0.6 is 34.8 Å². The molecule has 0 aliphatic heterocycles.